The van der Waals surface area contributed by atoms with E-state index < -0.39 is 5.97 Å². The Kier molecular flexibility index (Phi) is 2.16. The SMILES string of the molecule is CC(C)(C)c1c(C(=O)O)sc2nc(N)nn12. The van der Waals surface area contributed by atoms with Gasteiger partial charge in [-0.3, -0.25) is 0 Å². The zero-order chi connectivity index (χ0) is 12.1. The average Bonchev–Trinajstić information content (AvgIpc) is 2.56. The Labute approximate surface area is 95.7 Å². The maximum Gasteiger partial charge on any atom is 0.347 e. The molecule has 0 saturated heterocycles. The van der Waals surface area contributed by atoms with Crippen LogP contribution in [0.4, 0.5) is 5.95 Å². The van der Waals surface area contributed by atoms with Crippen LogP contribution in [0.25, 0.3) is 4.96 Å². The molecule has 0 bridgehead atoms. The lowest BCUT2D eigenvalue weighted by atomic mass is 9.91. The third-order valence-electron chi connectivity index (χ3n) is 2.12. The quantitative estimate of drug-likeness (QED) is 0.785. The highest BCUT2D eigenvalue weighted by Gasteiger charge is 2.29. The zero-order valence-electron chi connectivity index (χ0n) is 9.18. The van der Waals surface area contributed by atoms with Crippen LogP contribution >= 0.6 is 11.3 Å². The summed E-state index contributed by atoms with van der Waals surface area (Å²) < 4.78 is 1.52. The topological polar surface area (TPSA) is 93.5 Å². The van der Waals surface area contributed by atoms with Crippen molar-refractivity contribution in [3.8, 4) is 0 Å². The second kappa shape index (κ2) is 3.18. The number of nitrogen functional groups attached to an aromatic ring is 1. The van der Waals surface area contributed by atoms with Crippen LogP contribution in [0, 0.1) is 0 Å². The van der Waals surface area contributed by atoms with Gasteiger partial charge < -0.3 is 10.8 Å². The fourth-order valence-electron chi connectivity index (χ4n) is 1.56. The summed E-state index contributed by atoms with van der Waals surface area (Å²) in [5, 5.41) is 13.1. The van der Waals surface area contributed by atoms with E-state index in [0.717, 1.165) is 11.3 Å². The van der Waals surface area contributed by atoms with Gasteiger partial charge >= 0.3 is 5.97 Å². The number of nitrogens with two attached hydrogens (primary N) is 1. The van der Waals surface area contributed by atoms with Gasteiger partial charge in [-0.25, -0.2) is 9.31 Å². The molecule has 0 saturated carbocycles. The molecule has 2 rings (SSSR count). The van der Waals surface area contributed by atoms with Gasteiger partial charge in [-0.15, -0.1) is 5.10 Å². The summed E-state index contributed by atoms with van der Waals surface area (Å²) in [6.07, 6.45) is 0. The first-order valence-electron chi connectivity index (χ1n) is 4.69. The number of nitrogens with zero attached hydrogens (tertiary/aromatic N) is 3. The molecule has 0 aliphatic rings. The molecule has 0 atom stereocenters. The summed E-state index contributed by atoms with van der Waals surface area (Å²) >= 11 is 1.09. The van der Waals surface area contributed by atoms with Crippen LogP contribution in [0.1, 0.15) is 36.1 Å². The number of anilines is 1. The largest absolute Gasteiger partial charge is 0.477 e. The minimum atomic E-state index is -0.958. The van der Waals surface area contributed by atoms with E-state index in [4.69, 9.17) is 10.8 Å². The number of aromatic carboxylic acids is 1. The Bertz CT molecular complexity index is 564. The van der Waals surface area contributed by atoms with Crippen LogP contribution in [0.15, 0.2) is 0 Å². The average molecular weight is 240 g/mol. The van der Waals surface area contributed by atoms with Crippen LogP contribution < -0.4 is 5.73 Å². The summed E-state index contributed by atoms with van der Waals surface area (Å²) in [4.78, 5) is 15.9. The first-order valence-corrected chi connectivity index (χ1v) is 5.51. The van der Waals surface area contributed by atoms with Gasteiger partial charge in [0.25, 0.3) is 0 Å². The summed E-state index contributed by atoms with van der Waals surface area (Å²) in [6.45, 7) is 5.79. The van der Waals surface area contributed by atoms with Crippen LogP contribution in [0.2, 0.25) is 0 Å². The van der Waals surface area contributed by atoms with Crippen molar-refractivity contribution in [2.75, 3.05) is 5.73 Å². The lowest BCUT2D eigenvalue weighted by molar-refractivity contribution is 0.0699. The number of carbonyl (C=O) groups is 1. The predicted molar refractivity (Wildman–Crippen MR) is 60.9 cm³/mol. The highest BCUT2D eigenvalue weighted by molar-refractivity contribution is 7.19. The van der Waals surface area contributed by atoms with Crippen LogP contribution in [0.3, 0.4) is 0 Å². The van der Waals surface area contributed by atoms with Crippen molar-refractivity contribution in [2.45, 2.75) is 26.2 Å². The van der Waals surface area contributed by atoms with E-state index in [1.807, 2.05) is 20.8 Å². The molecule has 0 spiro atoms. The number of fused-ring (bicyclic) bond motifs is 1. The van der Waals surface area contributed by atoms with Gasteiger partial charge in [0.05, 0.1) is 5.69 Å². The smallest absolute Gasteiger partial charge is 0.347 e. The molecular weight excluding hydrogens is 228 g/mol. The Balaban J connectivity index is 2.82. The Morgan fingerprint density at radius 1 is 1.50 bits per heavy atom. The van der Waals surface area contributed by atoms with Gasteiger partial charge in [0, 0.05) is 5.41 Å². The molecular formula is C9H12N4O2S. The second-order valence-corrected chi connectivity index (χ2v) is 5.48. The highest BCUT2D eigenvalue weighted by Crippen LogP contribution is 2.32. The number of carboxylic acids is 1. The fraction of sp³-hybridized carbons (Fsp3) is 0.444. The lowest BCUT2D eigenvalue weighted by Gasteiger charge is -2.17. The summed E-state index contributed by atoms with van der Waals surface area (Å²) in [5.74, 6) is -0.797. The van der Waals surface area contributed by atoms with Gasteiger partial charge in [-0.05, 0) is 0 Å². The van der Waals surface area contributed by atoms with Crippen molar-refractivity contribution in [1.82, 2.24) is 14.6 Å². The van der Waals surface area contributed by atoms with E-state index in [-0.39, 0.29) is 16.2 Å². The maximum absolute atomic E-state index is 11.1. The molecule has 3 N–H and O–H groups in total. The molecule has 16 heavy (non-hydrogen) atoms. The Morgan fingerprint density at radius 2 is 2.12 bits per heavy atom. The van der Waals surface area contributed by atoms with Crippen LogP contribution in [-0.4, -0.2) is 25.7 Å². The Morgan fingerprint density at radius 3 is 2.62 bits per heavy atom. The van der Waals surface area contributed by atoms with Crippen molar-refractivity contribution in [1.29, 1.82) is 0 Å². The third-order valence-corrected chi connectivity index (χ3v) is 3.14. The van der Waals surface area contributed by atoms with Crippen molar-refractivity contribution >= 4 is 28.2 Å². The van der Waals surface area contributed by atoms with E-state index in [2.05, 4.69) is 10.1 Å². The van der Waals surface area contributed by atoms with E-state index in [1.165, 1.54) is 4.52 Å². The number of rotatable bonds is 1. The molecule has 0 unspecified atom stereocenters. The molecule has 0 aromatic carbocycles. The van der Waals surface area contributed by atoms with Gasteiger partial charge in [-0.1, -0.05) is 32.1 Å². The first-order chi connectivity index (χ1) is 7.30. The minimum Gasteiger partial charge on any atom is -0.477 e. The maximum atomic E-state index is 11.1. The number of carboxylic acid groups (broad SMARTS) is 1. The molecule has 86 valence electrons. The monoisotopic (exact) mass is 240 g/mol. The highest BCUT2D eigenvalue weighted by atomic mass is 32.1. The molecule has 2 aromatic rings. The van der Waals surface area contributed by atoms with Crippen molar-refractivity contribution in [2.24, 2.45) is 0 Å². The first kappa shape index (κ1) is 10.9. The second-order valence-electron chi connectivity index (χ2n) is 4.50. The van der Waals surface area contributed by atoms with Gasteiger partial charge in [0.1, 0.15) is 4.88 Å². The Hall–Kier alpha value is -1.63. The molecule has 0 aliphatic heterocycles. The van der Waals surface area contributed by atoms with Crippen molar-refractivity contribution in [3.05, 3.63) is 10.6 Å². The number of hydrogen-bond acceptors (Lipinski definition) is 5. The standard InChI is InChI=1S/C9H12N4O2S/c1-9(2,3)5-4(6(14)15)16-8-11-7(10)12-13(5)8/h1-3H3,(H2,10,12)(H,14,15). The lowest BCUT2D eigenvalue weighted by Crippen LogP contribution is -2.18. The normalized spacial score (nSPS) is 12.2. The van der Waals surface area contributed by atoms with Gasteiger partial charge in [0.15, 0.2) is 0 Å². The van der Waals surface area contributed by atoms with Crippen LogP contribution in [0.5, 0.6) is 0 Å². The van der Waals surface area contributed by atoms with Crippen molar-refractivity contribution in [3.63, 3.8) is 0 Å². The van der Waals surface area contributed by atoms with E-state index in [9.17, 15) is 4.79 Å². The molecule has 2 aromatic heterocycles. The number of aromatic nitrogens is 3. The third kappa shape index (κ3) is 1.53. The molecule has 2 heterocycles. The summed E-state index contributed by atoms with van der Waals surface area (Å²) in [5.41, 5.74) is 5.79. The number of thiazole rings is 1. The molecule has 7 heteroatoms. The summed E-state index contributed by atoms with van der Waals surface area (Å²) in [6, 6.07) is 0. The van der Waals surface area contributed by atoms with Gasteiger partial charge in [-0.2, -0.15) is 4.98 Å². The molecule has 6 nitrogen and oxygen atoms in total. The predicted octanol–water partition coefficient (Wildman–Crippen LogP) is 1.37. The van der Waals surface area contributed by atoms with Gasteiger partial charge in [0.2, 0.25) is 10.9 Å². The summed E-state index contributed by atoms with van der Waals surface area (Å²) in [7, 11) is 0. The minimum absolute atomic E-state index is 0.161. The van der Waals surface area contributed by atoms with Crippen molar-refractivity contribution < 1.29 is 9.90 Å². The van der Waals surface area contributed by atoms with E-state index in [0.29, 0.717) is 10.7 Å². The molecule has 0 amide bonds. The van der Waals surface area contributed by atoms with Crippen LogP contribution in [-0.2, 0) is 5.41 Å². The molecule has 0 radical (unpaired) electrons. The fourth-order valence-corrected chi connectivity index (χ4v) is 2.68. The molecule has 0 aliphatic carbocycles. The van der Waals surface area contributed by atoms with E-state index >= 15 is 0 Å². The zero-order valence-corrected chi connectivity index (χ0v) is 10.00. The van der Waals surface area contributed by atoms with E-state index in [1.54, 1.807) is 0 Å². The number of hydrogen-bond donors (Lipinski definition) is 2. The molecule has 0 fully saturated rings.